The average molecular weight is 179 g/mol. The smallest absolute Gasteiger partial charge is 0.166 e. The van der Waals surface area contributed by atoms with Crippen LogP contribution in [0.15, 0.2) is 12.1 Å². The summed E-state index contributed by atoms with van der Waals surface area (Å²) >= 11 is 0. The summed E-state index contributed by atoms with van der Waals surface area (Å²) in [5.74, 6) is 0.447. The molecule has 70 valence electrons. The van der Waals surface area contributed by atoms with E-state index < -0.39 is 0 Å². The molecule has 1 unspecified atom stereocenters. The van der Waals surface area contributed by atoms with Crippen molar-refractivity contribution in [1.82, 2.24) is 4.98 Å². The Morgan fingerprint density at radius 1 is 1.54 bits per heavy atom. The van der Waals surface area contributed by atoms with E-state index in [1.54, 1.807) is 0 Å². The Bertz CT molecular complexity index is 287. The van der Waals surface area contributed by atoms with E-state index in [1.807, 2.05) is 12.1 Å². The van der Waals surface area contributed by atoms with E-state index in [9.17, 15) is 4.79 Å². The van der Waals surface area contributed by atoms with Crippen LogP contribution in [-0.4, -0.2) is 24.5 Å². The molecule has 13 heavy (non-hydrogen) atoms. The molecule has 0 spiro atoms. The van der Waals surface area contributed by atoms with Gasteiger partial charge in [-0.05, 0) is 25.0 Å². The van der Waals surface area contributed by atoms with E-state index in [-0.39, 0.29) is 0 Å². The number of nitrogens with one attached hydrogen (secondary N) is 1. The van der Waals surface area contributed by atoms with Gasteiger partial charge in [0.2, 0.25) is 0 Å². The average Bonchev–Trinajstić information content (AvgIpc) is 2.67. The van der Waals surface area contributed by atoms with Crippen LogP contribution in [0.3, 0.4) is 0 Å². The molecule has 0 aromatic carbocycles. The molecule has 0 aliphatic carbocycles. The van der Waals surface area contributed by atoms with Crippen molar-refractivity contribution < 1.29 is 9.53 Å². The summed E-state index contributed by atoms with van der Waals surface area (Å²) in [4.78, 5) is 13.5. The maximum absolute atomic E-state index is 10.4. The molecule has 2 rings (SSSR count). The first-order valence-electron chi connectivity index (χ1n) is 4.62. The number of rotatable bonds is 2. The minimum absolute atomic E-state index is 0.447. The summed E-state index contributed by atoms with van der Waals surface area (Å²) in [7, 11) is 0. The monoisotopic (exact) mass is 179 g/mol. The normalized spacial score (nSPS) is 22.9. The lowest BCUT2D eigenvalue weighted by molar-refractivity contribution is 0.0794. The largest absolute Gasteiger partial charge is 0.381 e. The Balaban J connectivity index is 2.09. The van der Waals surface area contributed by atoms with Crippen molar-refractivity contribution in [3.63, 3.8) is 0 Å². The Hall–Kier alpha value is -1.09. The van der Waals surface area contributed by atoms with Crippen LogP contribution in [0.2, 0.25) is 0 Å². The summed E-state index contributed by atoms with van der Waals surface area (Å²) in [5, 5.41) is 0. The summed E-state index contributed by atoms with van der Waals surface area (Å²) in [6.45, 7) is 1.65. The van der Waals surface area contributed by atoms with E-state index in [1.165, 1.54) is 0 Å². The third-order valence-corrected chi connectivity index (χ3v) is 2.46. The van der Waals surface area contributed by atoms with Crippen molar-refractivity contribution in [2.24, 2.45) is 0 Å². The van der Waals surface area contributed by atoms with Crippen molar-refractivity contribution in [1.29, 1.82) is 0 Å². The maximum Gasteiger partial charge on any atom is 0.166 e. The van der Waals surface area contributed by atoms with Crippen LogP contribution < -0.4 is 0 Å². The van der Waals surface area contributed by atoms with Gasteiger partial charge in [-0.2, -0.15) is 0 Å². The molecule has 1 atom stereocenters. The number of carbonyl (C=O) groups is 1. The SMILES string of the molecule is O=Cc1ccc(C2CCCOC2)[nH]1. The molecule has 1 aliphatic rings. The van der Waals surface area contributed by atoms with E-state index in [0.29, 0.717) is 11.6 Å². The molecule has 0 radical (unpaired) electrons. The van der Waals surface area contributed by atoms with Gasteiger partial charge in [0, 0.05) is 18.2 Å². The quantitative estimate of drug-likeness (QED) is 0.702. The molecule has 0 bridgehead atoms. The van der Waals surface area contributed by atoms with Crippen molar-refractivity contribution in [3.05, 3.63) is 23.5 Å². The number of aromatic nitrogens is 1. The number of ether oxygens (including phenoxy) is 1. The second-order valence-electron chi connectivity index (χ2n) is 3.40. The van der Waals surface area contributed by atoms with Crippen LogP contribution in [0.5, 0.6) is 0 Å². The highest BCUT2D eigenvalue weighted by atomic mass is 16.5. The molecule has 1 aromatic heterocycles. The molecule has 1 aliphatic heterocycles. The second kappa shape index (κ2) is 3.75. The fraction of sp³-hybridized carbons (Fsp3) is 0.500. The Labute approximate surface area is 77.1 Å². The van der Waals surface area contributed by atoms with Gasteiger partial charge < -0.3 is 9.72 Å². The van der Waals surface area contributed by atoms with Crippen molar-refractivity contribution >= 4 is 6.29 Å². The summed E-state index contributed by atoms with van der Waals surface area (Å²) in [6, 6.07) is 3.79. The van der Waals surface area contributed by atoms with Gasteiger partial charge in [0.1, 0.15) is 0 Å². The van der Waals surface area contributed by atoms with E-state index in [4.69, 9.17) is 4.74 Å². The molecular formula is C10H13NO2. The van der Waals surface area contributed by atoms with Gasteiger partial charge in [0.25, 0.3) is 0 Å². The van der Waals surface area contributed by atoms with Gasteiger partial charge in [-0.25, -0.2) is 0 Å². The molecule has 1 fully saturated rings. The maximum atomic E-state index is 10.4. The fourth-order valence-corrected chi connectivity index (χ4v) is 1.72. The van der Waals surface area contributed by atoms with Crippen LogP contribution in [0.4, 0.5) is 0 Å². The predicted molar refractivity (Wildman–Crippen MR) is 49.0 cm³/mol. The predicted octanol–water partition coefficient (Wildman–Crippen LogP) is 1.72. The number of hydrogen-bond donors (Lipinski definition) is 1. The third kappa shape index (κ3) is 1.80. The molecule has 2 heterocycles. The third-order valence-electron chi connectivity index (χ3n) is 2.46. The number of H-pyrrole nitrogens is 1. The van der Waals surface area contributed by atoms with Crippen LogP contribution in [0, 0.1) is 0 Å². The molecule has 1 saturated heterocycles. The lowest BCUT2D eigenvalue weighted by atomic mass is 9.99. The first-order valence-corrected chi connectivity index (χ1v) is 4.62. The Kier molecular flexibility index (Phi) is 2.45. The molecule has 3 heteroatoms. The summed E-state index contributed by atoms with van der Waals surface area (Å²) in [6.07, 6.45) is 3.10. The molecule has 0 saturated carbocycles. The molecular weight excluding hydrogens is 166 g/mol. The number of aromatic amines is 1. The zero-order valence-corrected chi connectivity index (χ0v) is 7.45. The van der Waals surface area contributed by atoms with E-state index in [2.05, 4.69) is 4.98 Å². The highest BCUT2D eigenvalue weighted by Gasteiger charge is 2.16. The minimum atomic E-state index is 0.447. The van der Waals surface area contributed by atoms with Crippen molar-refractivity contribution in [2.75, 3.05) is 13.2 Å². The Morgan fingerprint density at radius 2 is 2.46 bits per heavy atom. The topological polar surface area (TPSA) is 42.1 Å². The molecule has 1 N–H and O–H groups in total. The second-order valence-corrected chi connectivity index (χ2v) is 3.40. The van der Waals surface area contributed by atoms with Crippen molar-refractivity contribution in [2.45, 2.75) is 18.8 Å². The van der Waals surface area contributed by atoms with Crippen molar-refractivity contribution in [3.8, 4) is 0 Å². The zero-order valence-electron chi connectivity index (χ0n) is 7.45. The van der Waals surface area contributed by atoms with E-state index in [0.717, 1.165) is 38.0 Å². The van der Waals surface area contributed by atoms with Gasteiger partial charge in [0.15, 0.2) is 6.29 Å². The molecule has 0 amide bonds. The van der Waals surface area contributed by atoms with Gasteiger partial charge in [-0.3, -0.25) is 4.79 Å². The van der Waals surface area contributed by atoms with Gasteiger partial charge in [-0.15, -0.1) is 0 Å². The summed E-state index contributed by atoms with van der Waals surface area (Å²) < 4.78 is 5.37. The van der Waals surface area contributed by atoms with E-state index >= 15 is 0 Å². The number of carbonyl (C=O) groups excluding carboxylic acids is 1. The van der Waals surface area contributed by atoms with Crippen LogP contribution >= 0.6 is 0 Å². The first kappa shape index (κ1) is 8.51. The lowest BCUT2D eigenvalue weighted by Crippen LogP contribution is -2.15. The number of hydrogen-bond acceptors (Lipinski definition) is 2. The Morgan fingerprint density at radius 3 is 3.08 bits per heavy atom. The van der Waals surface area contributed by atoms with Crippen LogP contribution in [0.25, 0.3) is 0 Å². The van der Waals surface area contributed by atoms with Crippen LogP contribution in [-0.2, 0) is 4.74 Å². The minimum Gasteiger partial charge on any atom is -0.381 e. The van der Waals surface area contributed by atoms with Crippen LogP contribution in [0.1, 0.15) is 34.9 Å². The highest BCUT2D eigenvalue weighted by molar-refractivity contribution is 5.72. The number of aldehydes is 1. The van der Waals surface area contributed by atoms with Gasteiger partial charge in [-0.1, -0.05) is 0 Å². The lowest BCUT2D eigenvalue weighted by Gasteiger charge is -2.20. The van der Waals surface area contributed by atoms with Gasteiger partial charge >= 0.3 is 0 Å². The zero-order chi connectivity index (χ0) is 9.10. The summed E-state index contributed by atoms with van der Waals surface area (Å²) in [5.41, 5.74) is 1.78. The highest BCUT2D eigenvalue weighted by Crippen LogP contribution is 2.24. The van der Waals surface area contributed by atoms with Gasteiger partial charge in [0.05, 0.1) is 12.3 Å². The molecule has 1 aromatic rings. The standard InChI is InChI=1S/C10H13NO2/c12-6-9-3-4-10(11-9)8-2-1-5-13-7-8/h3-4,6,8,11H,1-2,5,7H2. The fourth-order valence-electron chi connectivity index (χ4n) is 1.72. The molecule has 3 nitrogen and oxygen atoms in total. The first-order chi connectivity index (χ1) is 6.40.